The number of halogens is 2. The maximum atomic E-state index is 12.0. The molecule has 118 valence electrons. The first kappa shape index (κ1) is 17.0. The van der Waals surface area contributed by atoms with Gasteiger partial charge in [0.2, 0.25) is 5.91 Å². The zero-order valence-electron chi connectivity index (χ0n) is 12.0. The lowest BCUT2D eigenvalue weighted by molar-refractivity contribution is -0.385. The molecule has 23 heavy (non-hydrogen) atoms. The normalized spacial score (nSPS) is 10.7. The van der Waals surface area contributed by atoms with E-state index in [1.807, 2.05) is 0 Å². The van der Waals surface area contributed by atoms with Crippen LogP contribution in [-0.4, -0.2) is 10.8 Å². The standard InChI is InChI=1S/C16H12Cl2N2O3/c1-10-14(3-2-4-15(10)20(22)23)19-16(21)8-6-11-5-7-12(17)9-13(11)18/h2-9H,1H3,(H,19,21)/b8-6+. The van der Waals surface area contributed by atoms with E-state index in [-0.39, 0.29) is 5.69 Å². The zero-order valence-corrected chi connectivity index (χ0v) is 13.6. The predicted molar refractivity (Wildman–Crippen MR) is 92.0 cm³/mol. The summed E-state index contributed by atoms with van der Waals surface area (Å²) in [4.78, 5) is 22.4. The fraction of sp³-hybridized carbons (Fsp3) is 0.0625. The minimum absolute atomic E-state index is 0.0486. The first-order valence-corrected chi connectivity index (χ1v) is 7.32. The average Bonchev–Trinajstić information content (AvgIpc) is 2.48. The van der Waals surface area contributed by atoms with Crippen molar-refractivity contribution in [1.29, 1.82) is 0 Å². The molecule has 0 aliphatic rings. The number of nitrogens with zero attached hydrogens (tertiary/aromatic N) is 1. The van der Waals surface area contributed by atoms with Crippen molar-refractivity contribution in [2.24, 2.45) is 0 Å². The maximum Gasteiger partial charge on any atom is 0.274 e. The lowest BCUT2D eigenvalue weighted by Crippen LogP contribution is -2.09. The van der Waals surface area contributed by atoms with Gasteiger partial charge in [-0.15, -0.1) is 0 Å². The van der Waals surface area contributed by atoms with Crippen molar-refractivity contribution in [1.82, 2.24) is 0 Å². The molecule has 0 heterocycles. The Bertz CT molecular complexity index is 804. The Labute approximate surface area is 142 Å². The predicted octanol–water partition coefficient (Wildman–Crippen LogP) is 4.86. The van der Waals surface area contributed by atoms with E-state index in [9.17, 15) is 14.9 Å². The van der Waals surface area contributed by atoms with Crippen molar-refractivity contribution in [3.63, 3.8) is 0 Å². The molecule has 2 aromatic rings. The minimum Gasteiger partial charge on any atom is -0.322 e. The van der Waals surface area contributed by atoms with E-state index in [0.29, 0.717) is 26.9 Å². The summed E-state index contributed by atoms with van der Waals surface area (Å²) in [6.45, 7) is 1.58. The highest BCUT2D eigenvalue weighted by molar-refractivity contribution is 6.35. The van der Waals surface area contributed by atoms with E-state index in [0.717, 1.165) is 0 Å². The first-order valence-electron chi connectivity index (χ1n) is 6.56. The summed E-state index contributed by atoms with van der Waals surface area (Å²) in [5.41, 5.74) is 1.37. The molecule has 0 saturated carbocycles. The maximum absolute atomic E-state index is 12.0. The largest absolute Gasteiger partial charge is 0.322 e. The second-order valence-electron chi connectivity index (χ2n) is 4.70. The molecular formula is C16H12Cl2N2O3. The van der Waals surface area contributed by atoms with Gasteiger partial charge in [-0.2, -0.15) is 0 Å². The lowest BCUT2D eigenvalue weighted by Gasteiger charge is -2.06. The Morgan fingerprint density at radius 3 is 2.65 bits per heavy atom. The molecular weight excluding hydrogens is 339 g/mol. The number of rotatable bonds is 4. The Morgan fingerprint density at radius 1 is 1.26 bits per heavy atom. The number of nitrogens with one attached hydrogen (secondary N) is 1. The smallest absolute Gasteiger partial charge is 0.274 e. The van der Waals surface area contributed by atoms with E-state index < -0.39 is 10.8 Å². The summed E-state index contributed by atoms with van der Waals surface area (Å²) >= 11 is 11.8. The van der Waals surface area contributed by atoms with Crippen LogP contribution in [0.4, 0.5) is 11.4 Å². The van der Waals surface area contributed by atoms with Crippen molar-refractivity contribution in [3.05, 3.63) is 73.8 Å². The molecule has 5 nitrogen and oxygen atoms in total. The number of hydrogen-bond donors (Lipinski definition) is 1. The molecule has 0 aliphatic carbocycles. The van der Waals surface area contributed by atoms with Gasteiger partial charge in [-0.25, -0.2) is 0 Å². The zero-order chi connectivity index (χ0) is 17.0. The molecule has 7 heteroatoms. The van der Waals surface area contributed by atoms with E-state index in [1.165, 1.54) is 18.2 Å². The van der Waals surface area contributed by atoms with Crippen LogP contribution in [0.2, 0.25) is 10.0 Å². The summed E-state index contributed by atoms with van der Waals surface area (Å²) in [6.07, 6.45) is 2.84. The molecule has 0 spiro atoms. The molecule has 2 rings (SSSR count). The van der Waals surface area contributed by atoms with Crippen molar-refractivity contribution >= 4 is 46.6 Å². The highest BCUT2D eigenvalue weighted by Gasteiger charge is 2.13. The van der Waals surface area contributed by atoms with Gasteiger partial charge >= 0.3 is 0 Å². The van der Waals surface area contributed by atoms with Crippen LogP contribution in [0.25, 0.3) is 6.08 Å². The van der Waals surface area contributed by atoms with Crippen LogP contribution >= 0.6 is 23.2 Å². The monoisotopic (exact) mass is 350 g/mol. The highest BCUT2D eigenvalue weighted by Crippen LogP contribution is 2.25. The van der Waals surface area contributed by atoms with Crippen LogP contribution in [0.3, 0.4) is 0 Å². The Balaban J connectivity index is 2.15. The molecule has 0 fully saturated rings. The van der Waals surface area contributed by atoms with Crippen molar-refractivity contribution in [2.45, 2.75) is 6.92 Å². The number of carbonyl (C=O) groups is 1. The van der Waals surface area contributed by atoms with Gasteiger partial charge in [0.25, 0.3) is 5.69 Å². The van der Waals surface area contributed by atoms with E-state index in [4.69, 9.17) is 23.2 Å². The average molecular weight is 351 g/mol. The molecule has 0 unspecified atom stereocenters. The van der Waals surface area contributed by atoms with E-state index in [1.54, 1.807) is 37.3 Å². The number of nitro benzene ring substituents is 1. The third-order valence-electron chi connectivity index (χ3n) is 3.14. The molecule has 2 aromatic carbocycles. The van der Waals surface area contributed by atoms with Crippen molar-refractivity contribution in [3.8, 4) is 0 Å². The summed E-state index contributed by atoms with van der Waals surface area (Å²) in [5.74, 6) is -0.417. The first-order chi connectivity index (χ1) is 10.9. The molecule has 0 atom stereocenters. The van der Waals surface area contributed by atoms with E-state index >= 15 is 0 Å². The summed E-state index contributed by atoms with van der Waals surface area (Å²) in [5, 5.41) is 14.4. The van der Waals surface area contributed by atoms with Crippen LogP contribution < -0.4 is 5.32 Å². The van der Waals surface area contributed by atoms with E-state index in [2.05, 4.69) is 5.32 Å². The number of amides is 1. The molecule has 0 bridgehead atoms. The molecule has 0 radical (unpaired) electrons. The number of carbonyl (C=O) groups excluding carboxylic acids is 1. The Morgan fingerprint density at radius 2 is 2.00 bits per heavy atom. The molecule has 0 aromatic heterocycles. The third-order valence-corrected chi connectivity index (χ3v) is 3.70. The van der Waals surface area contributed by atoms with Gasteiger partial charge in [0, 0.05) is 22.2 Å². The van der Waals surface area contributed by atoms with Gasteiger partial charge < -0.3 is 5.32 Å². The quantitative estimate of drug-likeness (QED) is 0.486. The van der Waals surface area contributed by atoms with Gasteiger partial charge in [-0.05, 0) is 36.8 Å². The van der Waals surface area contributed by atoms with Crippen LogP contribution in [0.1, 0.15) is 11.1 Å². The van der Waals surface area contributed by atoms with Gasteiger partial charge in [0.1, 0.15) is 0 Å². The number of anilines is 1. The number of benzene rings is 2. The molecule has 0 aliphatic heterocycles. The fourth-order valence-electron chi connectivity index (χ4n) is 1.93. The SMILES string of the molecule is Cc1c(NC(=O)/C=C/c2ccc(Cl)cc2Cl)cccc1[N+](=O)[O-]. The van der Waals surface area contributed by atoms with Gasteiger partial charge in [-0.1, -0.05) is 35.3 Å². The van der Waals surface area contributed by atoms with Crippen molar-refractivity contribution in [2.75, 3.05) is 5.32 Å². The fourth-order valence-corrected chi connectivity index (χ4v) is 2.40. The second-order valence-corrected chi connectivity index (χ2v) is 5.54. The van der Waals surface area contributed by atoms with Gasteiger partial charge in [-0.3, -0.25) is 14.9 Å². The van der Waals surface area contributed by atoms with Crippen LogP contribution in [0, 0.1) is 17.0 Å². The van der Waals surface area contributed by atoms with Gasteiger partial charge in [0.05, 0.1) is 16.2 Å². The van der Waals surface area contributed by atoms with Gasteiger partial charge in [0.15, 0.2) is 0 Å². The highest BCUT2D eigenvalue weighted by atomic mass is 35.5. The summed E-state index contributed by atoms with van der Waals surface area (Å²) in [7, 11) is 0. The summed E-state index contributed by atoms with van der Waals surface area (Å²) in [6, 6.07) is 9.42. The molecule has 1 amide bonds. The minimum atomic E-state index is -0.492. The Kier molecular flexibility index (Phi) is 5.36. The van der Waals surface area contributed by atoms with Crippen LogP contribution in [-0.2, 0) is 4.79 Å². The lowest BCUT2D eigenvalue weighted by atomic mass is 10.1. The third kappa shape index (κ3) is 4.31. The molecule has 1 N–H and O–H groups in total. The van der Waals surface area contributed by atoms with Crippen LogP contribution in [0.5, 0.6) is 0 Å². The summed E-state index contributed by atoms with van der Waals surface area (Å²) < 4.78 is 0. The topological polar surface area (TPSA) is 72.2 Å². The Hall–Kier alpha value is -2.37. The van der Waals surface area contributed by atoms with Crippen molar-refractivity contribution < 1.29 is 9.72 Å². The number of nitro groups is 1. The second kappa shape index (κ2) is 7.26. The molecule has 0 saturated heterocycles. The number of hydrogen-bond acceptors (Lipinski definition) is 3. The van der Waals surface area contributed by atoms with Crippen LogP contribution in [0.15, 0.2) is 42.5 Å².